The van der Waals surface area contributed by atoms with E-state index in [1.807, 2.05) is 0 Å². The highest BCUT2D eigenvalue weighted by molar-refractivity contribution is 8.13. The van der Waals surface area contributed by atoms with Crippen molar-refractivity contribution in [3.05, 3.63) is 23.9 Å². The molecule has 2 aromatic rings. The van der Waals surface area contributed by atoms with Gasteiger partial charge in [0.25, 0.3) is 9.05 Å². The van der Waals surface area contributed by atoms with E-state index in [1.165, 1.54) is 12.1 Å². The summed E-state index contributed by atoms with van der Waals surface area (Å²) in [5.74, 6) is -0.466. The molecule has 0 aliphatic heterocycles. The number of fused-ring (bicyclic) bond motifs is 1. The summed E-state index contributed by atoms with van der Waals surface area (Å²) in [7, 11) is 3.23. The highest BCUT2D eigenvalue weighted by Crippen LogP contribution is 2.21. The number of aromatic amines is 1. The molecule has 8 heteroatoms. The Morgan fingerprint density at radius 2 is 2.16 bits per heavy atom. The van der Waals surface area contributed by atoms with E-state index < -0.39 is 15.0 Å². The molecule has 0 bridgehead atoms. The maximum atomic E-state index is 11.7. The molecule has 0 saturated heterocycles. The average molecular weight is 300 g/mol. The van der Waals surface area contributed by atoms with Gasteiger partial charge < -0.3 is 9.72 Å². The molecule has 1 heterocycles. The minimum absolute atomic E-state index is 0.000763. The number of hydrogen-bond acceptors (Lipinski definition) is 4. The van der Waals surface area contributed by atoms with Crippen LogP contribution in [0.4, 0.5) is 0 Å². The first-order valence-corrected chi connectivity index (χ1v) is 7.89. The standard InChI is InChI=1S/C11H11BClNO4S/c1-2-18-11(15)10-9(12)7-5-6(19(13,16)17)3-4-8(7)14-10/h3-5,14H,2,12H2,1H3. The molecule has 5 nitrogen and oxygen atoms in total. The molecule has 0 aliphatic carbocycles. The number of rotatable bonds is 3. The lowest BCUT2D eigenvalue weighted by molar-refractivity contribution is 0.0522. The van der Waals surface area contributed by atoms with E-state index in [-0.39, 0.29) is 11.5 Å². The largest absolute Gasteiger partial charge is 0.461 e. The normalized spacial score (nSPS) is 11.7. The number of aromatic nitrogens is 1. The van der Waals surface area contributed by atoms with Crippen LogP contribution < -0.4 is 5.46 Å². The Bertz CT molecular complexity index is 753. The van der Waals surface area contributed by atoms with Crippen LogP contribution in [0.15, 0.2) is 23.1 Å². The van der Waals surface area contributed by atoms with Crippen LogP contribution in [0.3, 0.4) is 0 Å². The second-order valence-corrected chi connectivity index (χ2v) is 6.56. The van der Waals surface area contributed by atoms with Crippen molar-refractivity contribution in [1.82, 2.24) is 4.98 Å². The van der Waals surface area contributed by atoms with E-state index in [1.54, 1.807) is 20.8 Å². The van der Waals surface area contributed by atoms with Gasteiger partial charge in [0.1, 0.15) is 13.5 Å². The van der Waals surface area contributed by atoms with Gasteiger partial charge in [-0.15, -0.1) is 0 Å². The van der Waals surface area contributed by atoms with Gasteiger partial charge in [-0.25, -0.2) is 13.2 Å². The molecule has 0 fully saturated rings. The number of ether oxygens (including phenoxy) is 1. The first-order chi connectivity index (χ1) is 8.84. The summed E-state index contributed by atoms with van der Waals surface area (Å²) in [5, 5.41) is 0.629. The molecule has 0 radical (unpaired) electrons. The number of carbonyl (C=O) groups is 1. The van der Waals surface area contributed by atoms with Gasteiger partial charge in [-0.1, -0.05) is 0 Å². The van der Waals surface area contributed by atoms with Crippen molar-refractivity contribution in [2.75, 3.05) is 6.61 Å². The first-order valence-electron chi connectivity index (χ1n) is 5.58. The third-order valence-corrected chi connectivity index (χ3v) is 4.14. The zero-order chi connectivity index (χ0) is 14.2. The Kier molecular flexibility index (Phi) is 3.60. The quantitative estimate of drug-likeness (QED) is 0.509. The van der Waals surface area contributed by atoms with Gasteiger partial charge in [-0.2, -0.15) is 0 Å². The second kappa shape index (κ2) is 4.90. The summed E-state index contributed by atoms with van der Waals surface area (Å²) in [6.45, 7) is 1.99. The summed E-state index contributed by atoms with van der Waals surface area (Å²) in [5.41, 5.74) is 1.61. The summed E-state index contributed by atoms with van der Waals surface area (Å²) in [4.78, 5) is 14.6. The van der Waals surface area contributed by atoms with Crippen LogP contribution in [0.1, 0.15) is 17.4 Å². The van der Waals surface area contributed by atoms with E-state index >= 15 is 0 Å². The number of esters is 1. The van der Waals surface area contributed by atoms with Crippen LogP contribution in [-0.2, 0) is 13.8 Å². The summed E-state index contributed by atoms with van der Waals surface area (Å²) < 4.78 is 27.5. The smallest absolute Gasteiger partial charge is 0.354 e. The summed E-state index contributed by atoms with van der Waals surface area (Å²) >= 11 is 0. The zero-order valence-corrected chi connectivity index (χ0v) is 11.9. The van der Waals surface area contributed by atoms with Crippen LogP contribution >= 0.6 is 10.7 Å². The molecule has 1 aromatic heterocycles. The number of H-pyrrole nitrogens is 1. The number of halogens is 1. The lowest BCUT2D eigenvalue weighted by Crippen LogP contribution is -2.16. The Hall–Kier alpha value is -1.47. The number of carbonyl (C=O) groups excluding carboxylic acids is 1. The molecule has 1 aromatic carbocycles. The predicted octanol–water partition coefficient (Wildman–Crippen LogP) is 0.531. The van der Waals surface area contributed by atoms with Gasteiger partial charge in [0.2, 0.25) is 0 Å². The highest BCUT2D eigenvalue weighted by atomic mass is 35.7. The lowest BCUT2D eigenvalue weighted by atomic mass is 9.92. The van der Waals surface area contributed by atoms with E-state index in [4.69, 9.17) is 15.4 Å². The predicted molar refractivity (Wildman–Crippen MR) is 75.5 cm³/mol. The van der Waals surface area contributed by atoms with Crippen LogP contribution in [0.25, 0.3) is 10.9 Å². The summed E-state index contributed by atoms with van der Waals surface area (Å²) in [6, 6.07) is 4.39. The SMILES string of the molecule is Bc1c(C(=O)OCC)[nH]c2ccc(S(=O)(=O)Cl)cc12. The van der Waals surface area contributed by atoms with Gasteiger partial charge in [0.05, 0.1) is 11.5 Å². The highest BCUT2D eigenvalue weighted by Gasteiger charge is 2.17. The van der Waals surface area contributed by atoms with Crippen molar-refractivity contribution in [3.8, 4) is 0 Å². The molecule has 1 N–H and O–H groups in total. The molecule has 19 heavy (non-hydrogen) atoms. The lowest BCUT2D eigenvalue weighted by Gasteiger charge is -2.00. The van der Waals surface area contributed by atoms with Gasteiger partial charge >= 0.3 is 5.97 Å². The molecule has 0 aliphatic rings. The van der Waals surface area contributed by atoms with E-state index in [0.717, 1.165) is 0 Å². The molecule has 100 valence electrons. The van der Waals surface area contributed by atoms with Crippen molar-refractivity contribution in [2.45, 2.75) is 11.8 Å². The van der Waals surface area contributed by atoms with Crippen molar-refractivity contribution in [3.63, 3.8) is 0 Å². The third-order valence-electron chi connectivity index (χ3n) is 2.79. The average Bonchev–Trinajstić information content (AvgIpc) is 2.66. The van der Waals surface area contributed by atoms with Crippen molar-refractivity contribution in [1.29, 1.82) is 0 Å². The number of hydrogen-bond donors (Lipinski definition) is 1. The van der Waals surface area contributed by atoms with Gasteiger partial charge in [0.15, 0.2) is 0 Å². The van der Waals surface area contributed by atoms with Crippen molar-refractivity contribution >= 4 is 49.9 Å². The number of nitrogens with one attached hydrogen (secondary N) is 1. The van der Waals surface area contributed by atoms with E-state index in [2.05, 4.69) is 4.98 Å². The fraction of sp³-hybridized carbons (Fsp3) is 0.182. The summed E-state index contributed by atoms with van der Waals surface area (Å²) in [6.07, 6.45) is 0. The van der Waals surface area contributed by atoms with Gasteiger partial charge in [0, 0.05) is 16.2 Å². The minimum atomic E-state index is -3.79. The van der Waals surface area contributed by atoms with E-state index in [9.17, 15) is 13.2 Å². The van der Waals surface area contributed by atoms with Crippen molar-refractivity contribution in [2.24, 2.45) is 0 Å². The maximum Gasteiger partial charge on any atom is 0.354 e. The minimum Gasteiger partial charge on any atom is -0.461 e. The first kappa shape index (κ1) is 14.0. The van der Waals surface area contributed by atoms with Crippen LogP contribution in [-0.4, -0.2) is 33.8 Å². The zero-order valence-electron chi connectivity index (χ0n) is 10.4. The Morgan fingerprint density at radius 3 is 2.74 bits per heavy atom. The van der Waals surface area contributed by atoms with Gasteiger partial charge in [-0.05, 0) is 36.0 Å². The van der Waals surface area contributed by atoms with Crippen LogP contribution in [0, 0.1) is 0 Å². The molecule has 2 rings (SSSR count). The molecule has 0 spiro atoms. The third kappa shape index (κ3) is 2.62. The molecule has 0 unspecified atom stereocenters. The Labute approximate surface area is 115 Å². The fourth-order valence-corrected chi connectivity index (χ4v) is 2.64. The molecular formula is C11H11BClNO4S. The molecule has 0 atom stereocenters. The molecular weight excluding hydrogens is 288 g/mol. The van der Waals surface area contributed by atoms with E-state index in [0.29, 0.717) is 22.1 Å². The Morgan fingerprint density at radius 1 is 1.47 bits per heavy atom. The monoisotopic (exact) mass is 299 g/mol. The van der Waals surface area contributed by atoms with Crippen molar-refractivity contribution < 1.29 is 17.9 Å². The second-order valence-electron chi connectivity index (χ2n) is 3.99. The Balaban J connectivity index is 2.62. The van der Waals surface area contributed by atoms with Gasteiger partial charge in [-0.3, -0.25) is 0 Å². The maximum absolute atomic E-state index is 11.7. The molecule has 0 amide bonds. The van der Waals surface area contributed by atoms with Crippen LogP contribution in [0.2, 0.25) is 0 Å². The number of benzene rings is 1. The topological polar surface area (TPSA) is 76.2 Å². The fourth-order valence-electron chi connectivity index (χ4n) is 1.86. The van der Waals surface area contributed by atoms with Crippen LogP contribution in [0.5, 0.6) is 0 Å². The molecule has 0 saturated carbocycles.